The zero-order valence-electron chi connectivity index (χ0n) is 13.1. The highest BCUT2D eigenvalue weighted by Gasteiger charge is 2.36. The molecule has 0 aromatic rings. The van der Waals surface area contributed by atoms with Crippen molar-refractivity contribution in [1.29, 1.82) is 0 Å². The van der Waals surface area contributed by atoms with Gasteiger partial charge in [0.1, 0.15) is 0 Å². The Kier molecular flexibility index (Phi) is 8.62. The first kappa shape index (κ1) is 17.2. The van der Waals surface area contributed by atoms with Crippen molar-refractivity contribution in [2.75, 3.05) is 39.5 Å². The summed E-state index contributed by atoms with van der Waals surface area (Å²) >= 11 is 0. The van der Waals surface area contributed by atoms with Crippen molar-refractivity contribution in [3.05, 3.63) is 0 Å². The van der Waals surface area contributed by atoms with Gasteiger partial charge in [-0.2, -0.15) is 0 Å². The average molecular weight is 285 g/mol. The molecule has 0 heterocycles. The Balaban J connectivity index is 2.18. The number of rotatable bonds is 11. The van der Waals surface area contributed by atoms with Crippen LogP contribution >= 0.6 is 0 Å². The quantitative estimate of drug-likeness (QED) is 0.346. The molecule has 20 heavy (non-hydrogen) atoms. The van der Waals surface area contributed by atoms with Crippen LogP contribution in [0.25, 0.3) is 0 Å². The van der Waals surface area contributed by atoms with Crippen LogP contribution in [0.15, 0.2) is 4.99 Å². The fourth-order valence-electron chi connectivity index (χ4n) is 2.44. The number of nitrogens with one attached hydrogen (secondary N) is 1. The van der Waals surface area contributed by atoms with E-state index in [1.54, 1.807) is 0 Å². The summed E-state index contributed by atoms with van der Waals surface area (Å²) in [7, 11) is 0. The molecule has 0 unspecified atom stereocenters. The Morgan fingerprint density at radius 2 is 1.90 bits per heavy atom. The molecule has 0 bridgehead atoms. The van der Waals surface area contributed by atoms with E-state index in [9.17, 15) is 0 Å². The minimum Gasteiger partial charge on any atom is -0.382 e. The second kappa shape index (κ2) is 10.00. The second-order valence-corrected chi connectivity index (χ2v) is 5.48. The summed E-state index contributed by atoms with van der Waals surface area (Å²) in [5.74, 6) is 0.559. The second-order valence-electron chi connectivity index (χ2n) is 5.48. The smallest absolute Gasteiger partial charge is 0.188 e. The van der Waals surface area contributed by atoms with Gasteiger partial charge in [0.15, 0.2) is 5.96 Å². The minimum absolute atomic E-state index is 0.340. The normalized spacial score (nSPS) is 17.8. The van der Waals surface area contributed by atoms with Gasteiger partial charge in [-0.15, -0.1) is 0 Å². The van der Waals surface area contributed by atoms with Crippen LogP contribution < -0.4 is 11.1 Å². The first-order valence-corrected chi connectivity index (χ1v) is 7.92. The lowest BCUT2D eigenvalue weighted by atomic mass is 9.67. The molecular formula is C15H31N3O2. The number of aliphatic imine (C=N–C) groups is 1. The van der Waals surface area contributed by atoms with Gasteiger partial charge in [-0.05, 0) is 44.9 Å². The van der Waals surface area contributed by atoms with Gasteiger partial charge in [0.2, 0.25) is 0 Å². The number of hydrogen-bond acceptors (Lipinski definition) is 3. The summed E-state index contributed by atoms with van der Waals surface area (Å²) < 4.78 is 10.7. The van der Waals surface area contributed by atoms with Gasteiger partial charge in [-0.1, -0.05) is 6.42 Å². The summed E-state index contributed by atoms with van der Waals surface area (Å²) in [5.41, 5.74) is 6.24. The Hall–Kier alpha value is -0.810. The molecule has 1 aliphatic rings. The van der Waals surface area contributed by atoms with Crippen LogP contribution in [0.5, 0.6) is 0 Å². The molecule has 118 valence electrons. The van der Waals surface area contributed by atoms with Crippen molar-refractivity contribution in [2.45, 2.75) is 46.0 Å². The van der Waals surface area contributed by atoms with Crippen molar-refractivity contribution in [3.63, 3.8) is 0 Å². The maximum Gasteiger partial charge on any atom is 0.188 e. The zero-order valence-corrected chi connectivity index (χ0v) is 13.1. The highest BCUT2D eigenvalue weighted by Crippen LogP contribution is 2.44. The number of nitrogens with zero attached hydrogens (tertiary/aromatic N) is 1. The molecule has 0 atom stereocenters. The summed E-state index contributed by atoms with van der Waals surface area (Å²) in [4.78, 5) is 4.50. The summed E-state index contributed by atoms with van der Waals surface area (Å²) in [6.07, 6.45) is 5.87. The first-order valence-electron chi connectivity index (χ1n) is 7.92. The van der Waals surface area contributed by atoms with Crippen LogP contribution in [0.2, 0.25) is 0 Å². The maximum atomic E-state index is 5.90. The van der Waals surface area contributed by atoms with E-state index in [1.807, 2.05) is 13.8 Å². The first-order chi connectivity index (χ1) is 9.72. The lowest BCUT2D eigenvalue weighted by Gasteiger charge is -2.40. The molecule has 0 aromatic heterocycles. The van der Waals surface area contributed by atoms with Gasteiger partial charge in [0.25, 0.3) is 0 Å². The third-order valence-corrected chi connectivity index (χ3v) is 3.96. The van der Waals surface area contributed by atoms with Crippen LogP contribution in [0.1, 0.15) is 46.0 Å². The van der Waals surface area contributed by atoms with Gasteiger partial charge in [-0.3, -0.25) is 4.99 Å². The van der Waals surface area contributed by atoms with E-state index in [0.717, 1.165) is 52.4 Å². The van der Waals surface area contributed by atoms with E-state index in [2.05, 4.69) is 10.3 Å². The zero-order chi connectivity index (χ0) is 14.7. The molecule has 3 N–H and O–H groups in total. The molecule has 0 amide bonds. The highest BCUT2D eigenvalue weighted by molar-refractivity contribution is 5.77. The molecular weight excluding hydrogens is 254 g/mol. The fraction of sp³-hybridized carbons (Fsp3) is 0.933. The van der Waals surface area contributed by atoms with E-state index in [-0.39, 0.29) is 0 Å². The largest absolute Gasteiger partial charge is 0.382 e. The van der Waals surface area contributed by atoms with Crippen LogP contribution in [-0.2, 0) is 9.47 Å². The summed E-state index contributed by atoms with van der Waals surface area (Å²) in [6.45, 7) is 8.86. The Morgan fingerprint density at radius 1 is 1.20 bits per heavy atom. The van der Waals surface area contributed by atoms with Crippen molar-refractivity contribution < 1.29 is 9.47 Å². The van der Waals surface area contributed by atoms with E-state index in [4.69, 9.17) is 15.2 Å². The van der Waals surface area contributed by atoms with E-state index >= 15 is 0 Å². The molecule has 1 aliphatic carbocycles. The van der Waals surface area contributed by atoms with Gasteiger partial charge >= 0.3 is 0 Å². The lowest BCUT2D eigenvalue weighted by molar-refractivity contribution is 0.0609. The van der Waals surface area contributed by atoms with Gasteiger partial charge < -0.3 is 20.5 Å². The monoisotopic (exact) mass is 285 g/mol. The van der Waals surface area contributed by atoms with E-state index in [0.29, 0.717) is 11.4 Å². The molecule has 0 saturated heterocycles. The number of hydrogen-bond donors (Lipinski definition) is 2. The third kappa shape index (κ3) is 6.57. The predicted octanol–water partition coefficient (Wildman–Crippen LogP) is 1.91. The molecule has 1 fully saturated rings. The van der Waals surface area contributed by atoms with Crippen molar-refractivity contribution in [1.82, 2.24) is 5.32 Å². The maximum absolute atomic E-state index is 5.90. The molecule has 1 saturated carbocycles. The summed E-state index contributed by atoms with van der Waals surface area (Å²) in [6, 6.07) is 0. The highest BCUT2D eigenvalue weighted by atomic mass is 16.5. The van der Waals surface area contributed by atoms with Crippen LogP contribution in [0.4, 0.5) is 0 Å². The molecule has 1 rings (SSSR count). The Morgan fingerprint density at radius 3 is 2.50 bits per heavy atom. The fourth-order valence-corrected chi connectivity index (χ4v) is 2.44. The molecule has 5 heteroatoms. The van der Waals surface area contributed by atoms with Gasteiger partial charge in [0, 0.05) is 39.5 Å². The van der Waals surface area contributed by atoms with Crippen molar-refractivity contribution in [3.8, 4) is 0 Å². The third-order valence-electron chi connectivity index (χ3n) is 3.96. The van der Waals surface area contributed by atoms with Crippen LogP contribution in [0, 0.1) is 5.41 Å². The molecule has 0 aromatic carbocycles. The van der Waals surface area contributed by atoms with Crippen molar-refractivity contribution in [2.24, 2.45) is 16.1 Å². The molecule has 0 aliphatic heterocycles. The Labute approximate surface area is 123 Å². The SMILES string of the molecule is CCOCCCNC(N)=NCC1(CCOCC)CCC1. The Bertz CT molecular complexity index is 278. The van der Waals surface area contributed by atoms with Crippen LogP contribution in [-0.4, -0.2) is 45.5 Å². The minimum atomic E-state index is 0.340. The lowest BCUT2D eigenvalue weighted by Crippen LogP contribution is -2.38. The van der Waals surface area contributed by atoms with E-state index in [1.165, 1.54) is 19.3 Å². The summed E-state index contributed by atoms with van der Waals surface area (Å²) in [5, 5.41) is 3.15. The van der Waals surface area contributed by atoms with Crippen molar-refractivity contribution >= 4 is 5.96 Å². The number of nitrogens with two attached hydrogens (primary N) is 1. The number of guanidine groups is 1. The molecule has 5 nitrogen and oxygen atoms in total. The standard InChI is InChI=1S/C15H31N3O2/c1-3-19-11-6-10-17-14(16)18-13-15(7-5-8-15)9-12-20-4-2/h3-13H2,1-2H3,(H3,16,17,18). The molecule has 0 spiro atoms. The molecule has 0 radical (unpaired) electrons. The topological polar surface area (TPSA) is 68.9 Å². The average Bonchev–Trinajstić information content (AvgIpc) is 2.40. The number of ether oxygens (including phenoxy) is 2. The predicted molar refractivity (Wildman–Crippen MR) is 83.0 cm³/mol. The van der Waals surface area contributed by atoms with E-state index < -0.39 is 0 Å². The van der Waals surface area contributed by atoms with Gasteiger partial charge in [-0.25, -0.2) is 0 Å². The van der Waals surface area contributed by atoms with Crippen LogP contribution in [0.3, 0.4) is 0 Å². The van der Waals surface area contributed by atoms with Gasteiger partial charge in [0.05, 0.1) is 0 Å².